The van der Waals surface area contributed by atoms with Gasteiger partial charge in [-0.15, -0.1) is 0 Å². The van der Waals surface area contributed by atoms with Gasteiger partial charge < -0.3 is 19.2 Å². The van der Waals surface area contributed by atoms with E-state index in [0.29, 0.717) is 31.1 Å². The van der Waals surface area contributed by atoms with Gasteiger partial charge in [0.25, 0.3) is 5.91 Å². The van der Waals surface area contributed by atoms with Crippen LogP contribution in [0.15, 0.2) is 89.3 Å². The van der Waals surface area contributed by atoms with Crippen LogP contribution < -0.4 is 14.8 Å². The molecular formula is C27H23FN2O4. The van der Waals surface area contributed by atoms with Gasteiger partial charge in [-0.05, 0) is 59.7 Å². The van der Waals surface area contributed by atoms with Crippen LogP contribution in [0.2, 0.25) is 0 Å². The van der Waals surface area contributed by atoms with Crippen LogP contribution in [0.3, 0.4) is 0 Å². The molecule has 1 aliphatic heterocycles. The Bertz CT molecular complexity index is 1270. The summed E-state index contributed by atoms with van der Waals surface area (Å²) in [6.45, 7) is 2.10. The highest BCUT2D eigenvalue weighted by atomic mass is 19.1. The number of hydrogen-bond acceptors (Lipinski definition) is 5. The highest BCUT2D eigenvalue weighted by Gasteiger charge is 2.17. The van der Waals surface area contributed by atoms with Crippen molar-refractivity contribution >= 4 is 11.6 Å². The van der Waals surface area contributed by atoms with E-state index in [4.69, 9.17) is 13.9 Å². The summed E-state index contributed by atoms with van der Waals surface area (Å²) in [4.78, 5) is 14.8. The number of carbonyl (C=O) groups is 1. The number of amides is 1. The molecule has 3 aromatic carbocycles. The largest absolute Gasteiger partial charge is 0.455 e. The third kappa shape index (κ3) is 5.27. The molecular weight excluding hydrogens is 435 g/mol. The predicted octanol–water partition coefficient (Wildman–Crippen LogP) is 5.60. The van der Waals surface area contributed by atoms with Gasteiger partial charge in [0, 0.05) is 18.8 Å². The number of hydrogen-bond donors (Lipinski definition) is 1. The van der Waals surface area contributed by atoms with E-state index in [1.54, 1.807) is 12.1 Å². The number of halogens is 1. The molecule has 0 unspecified atom stereocenters. The van der Waals surface area contributed by atoms with E-state index in [1.807, 2.05) is 36.4 Å². The Morgan fingerprint density at radius 3 is 2.41 bits per heavy atom. The number of furan rings is 1. The van der Waals surface area contributed by atoms with Crippen LogP contribution in [0.1, 0.15) is 27.4 Å². The molecule has 0 bridgehead atoms. The SMILES string of the molecule is O=C(Nc1ccc(F)cc1)c1ccc(CN(Cc2ccccc2)Cc2ccc3c(c2)OCO3)o1. The molecule has 1 aromatic heterocycles. The van der Waals surface area contributed by atoms with Crippen molar-refractivity contribution in [2.75, 3.05) is 12.1 Å². The Balaban J connectivity index is 1.30. The number of fused-ring (bicyclic) bond motifs is 1. The lowest BCUT2D eigenvalue weighted by Crippen LogP contribution is -2.22. The lowest BCUT2D eigenvalue weighted by Gasteiger charge is -2.21. The number of ether oxygens (including phenoxy) is 2. The molecule has 1 amide bonds. The van der Waals surface area contributed by atoms with E-state index >= 15 is 0 Å². The molecule has 2 heterocycles. The first-order chi connectivity index (χ1) is 16.6. The summed E-state index contributed by atoms with van der Waals surface area (Å²) in [5.74, 6) is 1.61. The number of anilines is 1. The van der Waals surface area contributed by atoms with E-state index < -0.39 is 0 Å². The van der Waals surface area contributed by atoms with Crippen LogP contribution in [0, 0.1) is 5.82 Å². The molecule has 0 aliphatic carbocycles. The van der Waals surface area contributed by atoms with Gasteiger partial charge in [-0.1, -0.05) is 36.4 Å². The minimum Gasteiger partial charge on any atom is -0.455 e. The Kier molecular flexibility index (Phi) is 6.27. The van der Waals surface area contributed by atoms with Gasteiger partial charge in [0.2, 0.25) is 6.79 Å². The van der Waals surface area contributed by atoms with E-state index in [9.17, 15) is 9.18 Å². The second-order valence-corrected chi connectivity index (χ2v) is 8.05. The molecule has 0 atom stereocenters. The predicted molar refractivity (Wildman–Crippen MR) is 125 cm³/mol. The smallest absolute Gasteiger partial charge is 0.291 e. The summed E-state index contributed by atoms with van der Waals surface area (Å²) in [6, 6.07) is 25.2. The quantitative estimate of drug-likeness (QED) is 0.372. The summed E-state index contributed by atoms with van der Waals surface area (Å²) < 4.78 is 29.9. The second kappa shape index (κ2) is 9.80. The minimum absolute atomic E-state index is 0.196. The fourth-order valence-electron chi connectivity index (χ4n) is 3.84. The van der Waals surface area contributed by atoms with Crippen molar-refractivity contribution < 1.29 is 23.1 Å². The molecule has 5 rings (SSSR count). The van der Waals surface area contributed by atoms with Crippen molar-refractivity contribution in [2.45, 2.75) is 19.6 Å². The lowest BCUT2D eigenvalue weighted by atomic mass is 10.1. The van der Waals surface area contributed by atoms with E-state index in [2.05, 4.69) is 22.3 Å². The Morgan fingerprint density at radius 2 is 1.59 bits per heavy atom. The molecule has 1 N–H and O–H groups in total. The molecule has 7 heteroatoms. The van der Waals surface area contributed by atoms with E-state index in [1.165, 1.54) is 29.8 Å². The third-order valence-corrected chi connectivity index (χ3v) is 5.46. The Hall–Kier alpha value is -4.10. The molecule has 172 valence electrons. The van der Waals surface area contributed by atoms with Crippen molar-refractivity contribution in [1.82, 2.24) is 4.90 Å². The van der Waals surface area contributed by atoms with Gasteiger partial charge in [-0.3, -0.25) is 9.69 Å². The van der Waals surface area contributed by atoms with Crippen molar-refractivity contribution in [2.24, 2.45) is 0 Å². The molecule has 6 nitrogen and oxygen atoms in total. The number of rotatable bonds is 8. The first-order valence-electron chi connectivity index (χ1n) is 10.9. The zero-order valence-corrected chi connectivity index (χ0v) is 18.4. The van der Waals surface area contributed by atoms with Crippen molar-refractivity contribution in [3.8, 4) is 11.5 Å². The average Bonchev–Trinajstić information content (AvgIpc) is 3.50. The zero-order valence-electron chi connectivity index (χ0n) is 18.4. The summed E-state index contributed by atoms with van der Waals surface area (Å²) >= 11 is 0. The highest BCUT2D eigenvalue weighted by molar-refractivity contribution is 6.02. The summed E-state index contributed by atoms with van der Waals surface area (Å²) in [6.07, 6.45) is 0. The van der Waals surface area contributed by atoms with Crippen molar-refractivity contribution in [3.05, 3.63) is 113 Å². The van der Waals surface area contributed by atoms with Gasteiger partial charge in [0.1, 0.15) is 11.6 Å². The summed E-state index contributed by atoms with van der Waals surface area (Å²) in [5, 5.41) is 2.72. The third-order valence-electron chi connectivity index (χ3n) is 5.46. The molecule has 0 saturated carbocycles. The second-order valence-electron chi connectivity index (χ2n) is 8.05. The Labute approximate surface area is 196 Å². The molecule has 0 saturated heterocycles. The normalized spacial score (nSPS) is 12.2. The standard InChI is InChI=1S/C27H23FN2O4/c28-21-7-9-22(10-8-21)29-27(31)25-13-11-23(34-25)17-30(15-19-4-2-1-3-5-19)16-20-6-12-24-26(14-20)33-18-32-24/h1-14H,15-18H2,(H,29,31). The monoisotopic (exact) mass is 458 g/mol. The molecule has 34 heavy (non-hydrogen) atoms. The maximum absolute atomic E-state index is 13.1. The first kappa shape index (κ1) is 21.7. The van der Waals surface area contributed by atoms with Gasteiger partial charge in [-0.25, -0.2) is 4.39 Å². The fourth-order valence-corrected chi connectivity index (χ4v) is 3.84. The zero-order chi connectivity index (χ0) is 23.3. The van der Waals surface area contributed by atoms with Gasteiger partial charge >= 0.3 is 0 Å². The lowest BCUT2D eigenvalue weighted by molar-refractivity contribution is 0.0992. The fraction of sp³-hybridized carbons (Fsp3) is 0.148. The van der Waals surface area contributed by atoms with E-state index in [0.717, 1.165) is 17.1 Å². The molecule has 4 aromatic rings. The van der Waals surface area contributed by atoms with Crippen LogP contribution in [-0.4, -0.2) is 17.6 Å². The van der Waals surface area contributed by atoms with Crippen molar-refractivity contribution in [1.29, 1.82) is 0 Å². The molecule has 0 radical (unpaired) electrons. The van der Waals surface area contributed by atoms with Crippen molar-refractivity contribution in [3.63, 3.8) is 0 Å². The maximum Gasteiger partial charge on any atom is 0.291 e. The van der Waals surface area contributed by atoms with Gasteiger partial charge in [0.15, 0.2) is 17.3 Å². The maximum atomic E-state index is 13.1. The van der Waals surface area contributed by atoms with Crippen LogP contribution in [-0.2, 0) is 19.6 Å². The van der Waals surface area contributed by atoms with Crippen LogP contribution in [0.5, 0.6) is 11.5 Å². The van der Waals surface area contributed by atoms with Crippen LogP contribution >= 0.6 is 0 Å². The van der Waals surface area contributed by atoms with Gasteiger partial charge in [0.05, 0.1) is 6.54 Å². The number of nitrogens with one attached hydrogen (secondary N) is 1. The average molecular weight is 458 g/mol. The molecule has 0 spiro atoms. The summed E-state index contributed by atoms with van der Waals surface area (Å²) in [7, 11) is 0. The molecule has 1 aliphatic rings. The minimum atomic E-state index is -0.386. The Morgan fingerprint density at radius 1 is 0.824 bits per heavy atom. The van der Waals surface area contributed by atoms with Crippen LogP contribution in [0.25, 0.3) is 0 Å². The number of carbonyl (C=O) groups excluding carboxylic acids is 1. The highest BCUT2D eigenvalue weighted by Crippen LogP contribution is 2.33. The number of benzene rings is 3. The number of nitrogens with zero attached hydrogens (tertiary/aromatic N) is 1. The van der Waals surface area contributed by atoms with Gasteiger partial charge in [-0.2, -0.15) is 0 Å². The first-order valence-corrected chi connectivity index (χ1v) is 10.9. The van der Waals surface area contributed by atoms with E-state index in [-0.39, 0.29) is 24.3 Å². The summed E-state index contributed by atoms with van der Waals surface area (Å²) in [5.41, 5.74) is 2.75. The topological polar surface area (TPSA) is 63.9 Å². The van der Waals surface area contributed by atoms with Crippen LogP contribution in [0.4, 0.5) is 10.1 Å². The molecule has 0 fully saturated rings.